The number of nitriles is 1. The summed E-state index contributed by atoms with van der Waals surface area (Å²) in [7, 11) is 0. The normalized spacial score (nSPS) is 9.05. The van der Waals surface area contributed by atoms with Gasteiger partial charge in [-0.1, -0.05) is 18.1 Å². The van der Waals surface area contributed by atoms with E-state index < -0.39 is 0 Å². The molecule has 0 atom stereocenters. The van der Waals surface area contributed by atoms with Crippen molar-refractivity contribution in [1.29, 1.82) is 5.26 Å². The first kappa shape index (κ1) is 12.7. The van der Waals surface area contributed by atoms with Crippen LogP contribution in [-0.2, 0) is 0 Å². The van der Waals surface area contributed by atoms with E-state index in [9.17, 15) is 0 Å². The van der Waals surface area contributed by atoms with Crippen LogP contribution in [0.3, 0.4) is 0 Å². The molecule has 0 saturated carbocycles. The van der Waals surface area contributed by atoms with Crippen molar-refractivity contribution in [2.75, 3.05) is 6.61 Å². The lowest BCUT2D eigenvalue weighted by Gasteiger charge is -2.01. The molecule has 19 heavy (non-hydrogen) atoms. The van der Waals surface area contributed by atoms with Gasteiger partial charge in [0.05, 0.1) is 11.6 Å². The van der Waals surface area contributed by atoms with E-state index >= 15 is 0 Å². The number of aryl methyl sites for hydroxylation is 1. The van der Waals surface area contributed by atoms with Crippen molar-refractivity contribution in [3.05, 3.63) is 59.4 Å². The van der Waals surface area contributed by atoms with Crippen molar-refractivity contribution in [2.24, 2.45) is 0 Å². The Labute approximate surface area is 112 Å². The Bertz CT molecular complexity index is 675. The zero-order valence-electron chi connectivity index (χ0n) is 10.6. The number of hydrogen-bond acceptors (Lipinski definition) is 3. The third kappa shape index (κ3) is 3.87. The lowest BCUT2D eigenvalue weighted by atomic mass is 10.2. The Kier molecular flexibility index (Phi) is 4.16. The molecule has 0 aliphatic rings. The lowest BCUT2D eigenvalue weighted by molar-refractivity contribution is 0.370. The second-order valence-corrected chi connectivity index (χ2v) is 3.89. The molecule has 0 spiro atoms. The van der Waals surface area contributed by atoms with Crippen molar-refractivity contribution in [3.8, 4) is 23.7 Å². The zero-order valence-corrected chi connectivity index (χ0v) is 10.6. The summed E-state index contributed by atoms with van der Waals surface area (Å²) in [5.74, 6) is 6.47. The molecule has 2 aromatic rings. The number of aromatic nitrogens is 1. The van der Waals surface area contributed by atoms with Crippen LogP contribution in [0, 0.1) is 30.1 Å². The van der Waals surface area contributed by atoms with E-state index in [1.807, 2.05) is 25.1 Å². The highest BCUT2D eigenvalue weighted by Crippen LogP contribution is 2.11. The summed E-state index contributed by atoms with van der Waals surface area (Å²) in [6.45, 7) is 2.19. The molecule has 0 N–H and O–H groups in total. The fourth-order valence-corrected chi connectivity index (χ4v) is 1.51. The van der Waals surface area contributed by atoms with Gasteiger partial charge in [0.25, 0.3) is 0 Å². The smallest absolute Gasteiger partial charge is 0.149 e. The van der Waals surface area contributed by atoms with Gasteiger partial charge in [-0.2, -0.15) is 5.26 Å². The minimum absolute atomic E-state index is 0.268. The SMILES string of the molecule is Cc1cccc(C#CCOc2cccc(C#N)c2)n1. The van der Waals surface area contributed by atoms with E-state index in [-0.39, 0.29) is 6.61 Å². The highest BCUT2D eigenvalue weighted by molar-refractivity contribution is 5.36. The summed E-state index contributed by atoms with van der Waals surface area (Å²) < 4.78 is 5.45. The van der Waals surface area contributed by atoms with Crippen molar-refractivity contribution in [1.82, 2.24) is 4.98 Å². The van der Waals surface area contributed by atoms with Crippen LogP contribution < -0.4 is 4.74 Å². The van der Waals surface area contributed by atoms with E-state index in [1.165, 1.54) is 0 Å². The van der Waals surface area contributed by atoms with Crippen LogP contribution in [0.4, 0.5) is 0 Å². The maximum atomic E-state index is 8.77. The van der Waals surface area contributed by atoms with E-state index in [0.717, 1.165) is 11.4 Å². The number of benzene rings is 1. The molecule has 92 valence electrons. The van der Waals surface area contributed by atoms with Gasteiger partial charge in [0.2, 0.25) is 0 Å². The Hall–Kier alpha value is -2.78. The van der Waals surface area contributed by atoms with Crippen molar-refractivity contribution in [2.45, 2.75) is 6.92 Å². The van der Waals surface area contributed by atoms with E-state index in [4.69, 9.17) is 10.00 Å². The largest absolute Gasteiger partial charge is 0.481 e. The fraction of sp³-hybridized carbons (Fsp3) is 0.125. The molecular weight excluding hydrogens is 236 g/mol. The molecule has 3 nitrogen and oxygen atoms in total. The topological polar surface area (TPSA) is 45.9 Å². The van der Waals surface area contributed by atoms with Gasteiger partial charge < -0.3 is 4.74 Å². The zero-order chi connectivity index (χ0) is 13.5. The highest BCUT2D eigenvalue weighted by atomic mass is 16.5. The van der Waals surface area contributed by atoms with Gasteiger partial charge in [-0.05, 0) is 43.2 Å². The molecule has 0 aliphatic carbocycles. The van der Waals surface area contributed by atoms with Crippen LogP contribution in [0.1, 0.15) is 17.0 Å². The first-order chi connectivity index (χ1) is 9.28. The molecule has 0 amide bonds. The van der Waals surface area contributed by atoms with Crippen molar-refractivity contribution >= 4 is 0 Å². The van der Waals surface area contributed by atoms with Crippen molar-refractivity contribution < 1.29 is 4.74 Å². The van der Waals surface area contributed by atoms with Gasteiger partial charge in [-0.25, -0.2) is 4.98 Å². The summed E-state index contributed by atoms with van der Waals surface area (Å²) in [6.07, 6.45) is 0. The van der Waals surface area contributed by atoms with Crippen LogP contribution in [0.2, 0.25) is 0 Å². The molecule has 0 aliphatic heterocycles. The first-order valence-electron chi connectivity index (χ1n) is 5.83. The van der Waals surface area contributed by atoms with Gasteiger partial charge in [-0.3, -0.25) is 0 Å². The molecule has 1 aromatic heterocycles. The Morgan fingerprint density at radius 2 is 2.05 bits per heavy atom. The van der Waals surface area contributed by atoms with Crippen molar-refractivity contribution in [3.63, 3.8) is 0 Å². The molecule has 0 radical (unpaired) electrons. The Morgan fingerprint density at radius 1 is 1.21 bits per heavy atom. The number of nitrogens with zero attached hydrogens (tertiary/aromatic N) is 2. The number of ether oxygens (including phenoxy) is 1. The minimum atomic E-state index is 0.268. The van der Waals surface area contributed by atoms with Gasteiger partial charge >= 0.3 is 0 Å². The maximum Gasteiger partial charge on any atom is 0.149 e. The molecule has 0 saturated heterocycles. The first-order valence-corrected chi connectivity index (χ1v) is 5.83. The van der Waals surface area contributed by atoms with Crippen LogP contribution in [0.25, 0.3) is 0 Å². The lowest BCUT2D eigenvalue weighted by Crippen LogP contribution is -1.94. The minimum Gasteiger partial charge on any atom is -0.481 e. The second-order valence-electron chi connectivity index (χ2n) is 3.89. The maximum absolute atomic E-state index is 8.77. The number of pyridine rings is 1. The quantitative estimate of drug-likeness (QED) is 0.768. The van der Waals surface area contributed by atoms with Crippen LogP contribution in [0.15, 0.2) is 42.5 Å². The van der Waals surface area contributed by atoms with Crippen LogP contribution in [0.5, 0.6) is 5.75 Å². The number of rotatable bonds is 2. The van der Waals surface area contributed by atoms with E-state index in [0.29, 0.717) is 11.3 Å². The third-order valence-electron chi connectivity index (χ3n) is 2.38. The summed E-state index contributed by atoms with van der Waals surface area (Å²) in [5.41, 5.74) is 2.25. The summed E-state index contributed by atoms with van der Waals surface area (Å²) in [4.78, 5) is 4.27. The third-order valence-corrected chi connectivity index (χ3v) is 2.38. The molecule has 3 heteroatoms. The Balaban J connectivity index is 1.95. The molecule has 1 heterocycles. The molecule has 2 rings (SSSR count). The standard InChI is InChI=1S/C16H12N2O/c1-13-5-2-7-15(18-13)8-4-10-19-16-9-3-6-14(11-16)12-17/h2-3,5-7,9,11H,10H2,1H3. The predicted molar refractivity (Wildman–Crippen MR) is 72.5 cm³/mol. The molecule has 0 unspecified atom stereocenters. The summed E-state index contributed by atoms with van der Waals surface area (Å²) in [6, 6.07) is 14.8. The molecule has 0 fully saturated rings. The molecular formula is C16H12N2O. The Morgan fingerprint density at radius 3 is 2.84 bits per heavy atom. The summed E-state index contributed by atoms with van der Waals surface area (Å²) >= 11 is 0. The monoisotopic (exact) mass is 248 g/mol. The summed E-state index contributed by atoms with van der Waals surface area (Å²) in [5, 5.41) is 8.77. The number of hydrogen-bond donors (Lipinski definition) is 0. The van der Waals surface area contributed by atoms with Gasteiger partial charge in [0, 0.05) is 5.69 Å². The fourth-order valence-electron chi connectivity index (χ4n) is 1.51. The van der Waals surface area contributed by atoms with Gasteiger partial charge in [0.15, 0.2) is 0 Å². The van der Waals surface area contributed by atoms with Gasteiger partial charge in [0.1, 0.15) is 18.1 Å². The average Bonchev–Trinajstić information content (AvgIpc) is 2.44. The second kappa shape index (κ2) is 6.23. The predicted octanol–water partition coefficient (Wildman–Crippen LogP) is 2.69. The molecule has 0 bridgehead atoms. The highest BCUT2D eigenvalue weighted by Gasteiger charge is 1.94. The molecule has 1 aromatic carbocycles. The average molecular weight is 248 g/mol. The van der Waals surface area contributed by atoms with Gasteiger partial charge in [-0.15, -0.1) is 0 Å². The van der Waals surface area contributed by atoms with Crippen LogP contribution in [-0.4, -0.2) is 11.6 Å². The van der Waals surface area contributed by atoms with Crippen LogP contribution >= 0.6 is 0 Å². The van der Waals surface area contributed by atoms with E-state index in [1.54, 1.807) is 24.3 Å². The van der Waals surface area contributed by atoms with E-state index in [2.05, 4.69) is 22.9 Å².